The van der Waals surface area contributed by atoms with E-state index < -0.39 is 0 Å². The lowest BCUT2D eigenvalue weighted by atomic mass is 10.3. The molecule has 2 N–H and O–H groups in total. The molecule has 0 bridgehead atoms. The molecular weight excluding hydrogens is 230 g/mol. The molecule has 0 radical (unpaired) electrons. The molecule has 18 heavy (non-hydrogen) atoms. The first-order valence-electron chi connectivity index (χ1n) is 5.49. The van der Waals surface area contributed by atoms with Crippen molar-refractivity contribution < 1.29 is 4.79 Å². The van der Waals surface area contributed by atoms with Gasteiger partial charge in [-0.05, 0) is 24.6 Å². The third-order valence-electron chi connectivity index (χ3n) is 2.50. The molecule has 0 spiro atoms. The summed E-state index contributed by atoms with van der Waals surface area (Å²) in [4.78, 5) is 17.4. The zero-order chi connectivity index (χ0) is 13.3. The lowest BCUT2D eigenvalue weighted by Crippen LogP contribution is -2.22. The van der Waals surface area contributed by atoms with Crippen molar-refractivity contribution in [1.82, 2.24) is 19.7 Å². The van der Waals surface area contributed by atoms with Gasteiger partial charge in [0.1, 0.15) is 0 Å². The number of nitrogens with two attached hydrogens (primary N) is 1. The van der Waals surface area contributed by atoms with Gasteiger partial charge in [-0.3, -0.25) is 4.79 Å². The maximum atomic E-state index is 11.7. The van der Waals surface area contributed by atoms with Gasteiger partial charge in [0, 0.05) is 20.3 Å². The van der Waals surface area contributed by atoms with Gasteiger partial charge in [0.25, 0.3) is 5.91 Å². The smallest absolute Gasteiger partial charge is 0.273 e. The molecule has 0 aromatic carbocycles. The zero-order valence-electron chi connectivity index (χ0n) is 10.6. The molecule has 0 fully saturated rings. The SMILES string of the molecule is Cc1cc(N)cnc1-n1ccc(C(=O)N(C)C)n1. The van der Waals surface area contributed by atoms with Crippen LogP contribution in [0.1, 0.15) is 16.1 Å². The van der Waals surface area contributed by atoms with E-state index in [4.69, 9.17) is 5.73 Å². The second-order valence-electron chi connectivity index (χ2n) is 4.25. The minimum atomic E-state index is -0.137. The molecule has 2 aromatic heterocycles. The minimum absolute atomic E-state index is 0.137. The molecule has 0 saturated carbocycles. The van der Waals surface area contributed by atoms with E-state index in [1.807, 2.05) is 13.0 Å². The molecule has 94 valence electrons. The number of nitrogens with zero attached hydrogens (tertiary/aromatic N) is 4. The Labute approximate surface area is 105 Å². The van der Waals surface area contributed by atoms with Crippen LogP contribution in [0, 0.1) is 6.92 Å². The van der Waals surface area contributed by atoms with Crippen molar-refractivity contribution >= 4 is 11.6 Å². The van der Waals surface area contributed by atoms with Gasteiger partial charge in [-0.1, -0.05) is 0 Å². The van der Waals surface area contributed by atoms with E-state index in [0.29, 0.717) is 17.2 Å². The van der Waals surface area contributed by atoms with Crippen LogP contribution >= 0.6 is 0 Å². The predicted octanol–water partition coefficient (Wildman–Crippen LogP) is 0.860. The highest BCUT2D eigenvalue weighted by atomic mass is 16.2. The fraction of sp³-hybridized carbons (Fsp3) is 0.250. The van der Waals surface area contributed by atoms with Crippen molar-refractivity contribution in [3.05, 3.63) is 35.8 Å². The van der Waals surface area contributed by atoms with Gasteiger partial charge in [0.15, 0.2) is 11.5 Å². The number of rotatable bonds is 2. The van der Waals surface area contributed by atoms with Crippen LogP contribution in [0.4, 0.5) is 5.69 Å². The van der Waals surface area contributed by atoms with Crippen molar-refractivity contribution in [2.24, 2.45) is 0 Å². The Morgan fingerprint density at radius 3 is 2.78 bits per heavy atom. The van der Waals surface area contributed by atoms with Crippen LogP contribution in [0.2, 0.25) is 0 Å². The fourth-order valence-corrected chi connectivity index (χ4v) is 1.61. The van der Waals surface area contributed by atoms with E-state index >= 15 is 0 Å². The summed E-state index contributed by atoms with van der Waals surface area (Å²) in [5.41, 5.74) is 7.54. The summed E-state index contributed by atoms with van der Waals surface area (Å²) in [5.74, 6) is 0.531. The molecule has 6 nitrogen and oxygen atoms in total. The summed E-state index contributed by atoms with van der Waals surface area (Å²) in [6.45, 7) is 1.90. The van der Waals surface area contributed by atoms with Gasteiger partial charge in [0.2, 0.25) is 0 Å². The van der Waals surface area contributed by atoms with Gasteiger partial charge in [0.05, 0.1) is 11.9 Å². The lowest BCUT2D eigenvalue weighted by molar-refractivity contribution is 0.0821. The first kappa shape index (κ1) is 12.1. The van der Waals surface area contributed by atoms with Crippen molar-refractivity contribution in [3.8, 4) is 5.82 Å². The highest BCUT2D eigenvalue weighted by Gasteiger charge is 2.13. The highest BCUT2D eigenvalue weighted by molar-refractivity contribution is 5.91. The summed E-state index contributed by atoms with van der Waals surface area (Å²) in [7, 11) is 3.38. The predicted molar refractivity (Wildman–Crippen MR) is 68.5 cm³/mol. The Morgan fingerprint density at radius 1 is 1.44 bits per heavy atom. The van der Waals surface area contributed by atoms with Gasteiger partial charge in [-0.2, -0.15) is 5.10 Å². The number of pyridine rings is 1. The summed E-state index contributed by atoms with van der Waals surface area (Å²) in [5, 5.41) is 4.21. The molecule has 2 aromatic rings. The van der Waals surface area contributed by atoms with E-state index in [2.05, 4.69) is 10.1 Å². The van der Waals surface area contributed by atoms with Crippen LogP contribution in [-0.2, 0) is 0 Å². The monoisotopic (exact) mass is 245 g/mol. The molecule has 2 heterocycles. The Bertz CT molecular complexity index is 588. The van der Waals surface area contributed by atoms with Crippen molar-refractivity contribution in [1.29, 1.82) is 0 Å². The largest absolute Gasteiger partial charge is 0.397 e. The quantitative estimate of drug-likeness (QED) is 0.851. The highest BCUT2D eigenvalue weighted by Crippen LogP contribution is 2.13. The number of anilines is 1. The Morgan fingerprint density at radius 2 is 2.17 bits per heavy atom. The number of aryl methyl sites for hydroxylation is 1. The van der Waals surface area contributed by atoms with Crippen LogP contribution in [0.5, 0.6) is 0 Å². The number of aromatic nitrogens is 3. The molecule has 0 aliphatic rings. The lowest BCUT2D eigenvalue weighted by Gasteiger charge is -2.07. The van der Waals surface area contributed by atoms with Crippen LogP contribution < -0.4 is 5.73 Å². The Hall–Kier alpha value is -2.37. The Kier molecular flexibility index (Phi) is 3.01. The average molecular weight is 245 g/mol. The molecule has 0 aliphatic carbocycles. The summed E-state index contributed by atoms with van der Waals surface area (Å²) in [6, 6.07) is 3.48. The van der Waals surface area contributed by atoms with Crippen molar-refractivity contribution in [2.45, 2.75) is 6.92 Å². The standard InChI is InChI=1S/C12H15N5O/c1-8-6-9(13)7-14-11(8)17-5-4-10(15-17)12(18)16(2)3/h4-7H,13H2,1-3H3. The first-order chi connectivity index (χ1) is 8.49. The number of carbonyl (C=O) groups is 1. The molecule has 1 amide bonds. The normalized spacial score (nSPS) is 10.4. The first-order valence-corrected chi connectivity index (χ1v) is 5.49. The molecular formula is C12H15N5O. The molecule has 2 rings (SSSR count). The number of carbonyl (C=O) groups excluding carboxylic acids is 1. The zero-order valence-corrected chi connectivity index (χ0v) is 10.6. The second-order valence-corrected chi connectivity index (χ2v) is 4.25. The van der Waals surface area contributed by atoms with Crippen molar-refractivity contribution in [3.63, 3.8) is 0 Å². The Balaban J connectivity index is 2.38. The fourth-order valence-electron chi connectivity index (χ4n) is 1.61. The number of hydrogen-bond donors (Lipinski definition) is 1. The van der Waals surface area contributed by atoms with Crippen LogP contribution in [-0.4, -0.2) is 39.7 Å². The number of hydrogen-bond acceptors (Lipinski definition) is 4. The van der Waals surface area contributed by atoms with Gasteiger partial charge >= 0.3 is 0 Å². The van der Waals surface area contributed by atoms with E-state index in [-0.39, 0.29) is 5.91 Å². The topological polar surface area (TPSA) is 77.0 Å². The van der Waals surface area contributed by atoms with E-state index in [9.17, 15) is 4.79 Å². The summed E-state index contributed by atoms with van der Waals surface area (Å²) >= 11 is 0. The van der Waals surface area contributed by atoms with Crippen LogP contribution in [0.3, 0.4) is 0 Å². The van der Waals surface area contributed by atoms with Gasteiger partial charge < -0.3 is 10.6 Å². The summed E-state index contributed by atoms with van der Waals surface area (Å²) in [6.07, 6.45) is 3.28. The molecule has 0 unspecified atom stereocenters. The second kappa shape index (κ2) is 4.48. The number of amides is 1. The average Bonchev–Trinajstić information content (AvgIpc) is 2.77. The third kappa shape index (κ3) is 2.17. The van der Waals surface area contributed by atoms with Crippen LogP contribution in [0.15, 0.2) is 24.5 Å². The maximum Gasteiger partial charge on any atom is 0.273 e. The molecule has 6 heteroatoms. The van der Waals surface area contributed by atoms with E-state index in [1.165, 1.54) is 4.90 Å². The maximum absolute atomic E-state index is 11.7. The van der Waals surface area contributed by atoms with E-state index in [1.54, 1.807) is 37.2 Å². The minimum Gasteiger partial charge on any atom is -0.397 e. The van der Waals surface area contributed by atoms with E-state index in [0.717, 1.165) is 5.56 Å². The molecule has 0 atom stereocenters. The molecule has 0 saturated heterocycles. The van der Waals surface area contributed by atoms with Crippen LogP contribution in [0.25, 0.3) is 5.82 Å². The number of nitrogen functional groups attached to an aromatic ring is 1. The summed E-state index contributed by atoms with van der Waals surface area (Å²) < 4.78 is 1.57. The van der Waals surface area contributed by atoms with Gasteiger partial charge in [-0.25, -0.2) is 9.67 Å². The van der Waals surface area contributed by atoms with Crippen molar-refractivity contribution in [2.75, 3.05) is 19.8 Å². The molecule has 0 aliphatic heterocycles. The van der Waals surface area contributed by atoms with Gasteiger partial charge in [-0.15, -0.1) is 0 Å². The third-order valence-corrected chi connectivity index (χ3v) is 2.50.